The molecule has 0 aliphatic heterocycles. The molecule has 0 N–H and O–H groups in total. The summed E-state index contributed by atoms with van der Waals surface area (Å²) in [4.78, 5) is 5.34. The van der Waals surface area contributed by atoms with Crippen LogP contribution < -0.4 is 0 Å². The first-order chi connectivity index (χ1) is 6.99. The summed E-state index contributed by atoms with van der Waals surface area (Å²) in [5.74, 6) is 0.634. The van der Waals surface area contributed by atoms with Crippen molar-refractivity contribution in [3.63, 3.8) is 0 Å². The summed E-state index contributed by atoms with van der Waals surface area (Å²) in [7, 11) is 0. The lowest BCUT2D eigenvalue weighted by molar-refractivity contribution is 0.205. The average molecular weight is 288 g/mol. The number of hydrogen-bond acceptors (Lipinski definition) is 2. The van der Waals surface area contributed by atoms with Crippen molar-refractivity contribution >= 4 is 27.3 Å². The van der Waals surface area contributed by atoms with Crippen LogP contribution in [0.2, 0.25) is 0 Å². The molecule has 1 heterocycles. The predicted octanol–water partition coefficient (Wildman–Crippen LogP) is 4.51. The van der Waals surface area contributed by atoms with Gasteiger partial charge in [0.2, 0.25) is 0 Å². The third-order valence-electron chi connectivity index (χ3n) is 3.47. The van der Waals surface area contributed by atoms with E-state index >= 15 is 0 Å². The predicted molar refractivity (Wildman–Crippen MR) is 69.9 cm³/mol. The third-order valence-corrected chi connectivity index (χ3v) is 5.38. The van der Waals surface area contributed by atoms with E-state index in [-0.39, 0.29) is 0 Å². The molecule has 2 rings (SSSR count). The van der Waals surface area contributed by atoms with E-state index < -0.39 is 0 Å². The molecular weight excluding hydrogens is 270 g/mol. The van der Waals surface area contributed by atoms with E-state index in [0.29, 0.717) is 16.2 Å². The van der Waals surface area contributed by atoms with Gasteiger partial charge in [0.1, 0.15) is 0 Å². The van der Waals surface area contributed by atoms with Gasteiger partial charge in [0.05, 0.1) is 5.01 Å². The van der Waals surface area contributed by atoms with E-state index in [9.17, 15) is 0 Å². The zero-order valence-corrected chi connectivity index (χ0v) is 12.0. The highest BCUT2D eigenvalue weighted by Crippen LogP contribution is 2.49. The van der Waals surface area contributed by atoms with Gasteiger partial charge in [-0.05, 0) is 31.6 Å². The quantitative estimate of drug-likeness (QED) is 0.693. The lowest BCUT2D eigenvalue weighted by atomic mass is 9.69. The Kier molecular flexibility index (Phi) is 3.22. The monoisotopic (exact) mass is 287 g/mol. The van der Waals surface area contributed by atoms with Crippen molar-refractivity contribution in [1.82, 2.24) is 4.98 Å². The van der Waals surface area contributed by atoms with Crippen molar-refractivity contribution in [1.29, 1.82) is 0 Å². The maximum atomic E-state index is 4.66. The van der Waals surface area contributed by atoms with Gasteiger partial charge >= 0.3 is 0 Å². The summed E-state index contributed by atoms with van der Waals surface area (Å²) in [5, 5.41) is 3.50. The summed E-state index contributed by atoms with van der Waals surface area (Å²) in [6.07, 6.45) is 3.83. The first-order valence-electron chi connectivity index (χ1n) is 5.55. The van der Waals surface area contributed by atoms with Crippen LogP contribution >= 0.6 is 27.3 Å². The lowest BCUT2D eigenvalue weighted by Crippen LogP contribution is -2.30. The fraction of sp³-hybridized carbons (Fsp3) is 0.750. The number of halogens is 1. The molecule has 2 atom stereocenters. The standard InChI is InChI=1S/C12H18BrNS/c1-8-7-15-11(14-8)10-6-9(13)4-5-12(10,2)3/h7,9-10H,4-6H2,1-3H3. The molecule has 1 aromatic rings. The van der Waals surface area contributed by atoms with Crippen molar-refractivity contribution in [3.05, 3.63) is 16.1 Å². The summed E-state index contributed by atoms with van der Waals surface area (Å²) in [6, 6.07) is 0. The minimum absolute atomic E-state index is 0.411. The van der Waals surface area contributed by atoms with Crippen molar-refractivity contribution in [2.45, 2.75) is 50.8 Å². The Hall–Kier alpha value is 0.110. The molecule has 1 saturated carbocycles. The number of thiazole rings is 1. The van der Waals surface area contributed by atoms with E-state index in [1.165, 1.54) is 30.0 Å². The molecular formula is C12H18BrNS. The van der Waals surface area contributed by atoms with Gasteiger partial charge in [-0.2, -0.15) is 0 Å². The van der Waals surface area contributed by atoms with Gasteiger partial charge in [-0.1, -0.05) is 29.8 Å². The minimum Gasteiger partial charge on any atom is -0.246 e. The van der Waals surface area contributed by atoms with Crippen LogP contribution in [0.4, 0.5) is 0 Å². The van der Waals surface area contributed by atoms with E-state index in [2.05, 4.69) is 47.1 Å². The van der Waals surface area contributed by atoms with Crippen LogP contribution in [-0.4, -0.2) is 9.81 Å². The number of nitrogens with zero attached hydrogens (tertiary/aromatic N) is 1. The first-order valence-corrected chi connectivity index (χ1v) is 7.34. The fourth-order valence-electron chi connectivity index (χ4n) is 2.36. The Morgan fingerprint density at radius 1 is 1.53 bits per heavy atom. The Morgan fingerprint density at radius 3 is 2.87 bits per heavy atom. The normalized spacial score (nSPS) is 30.4. The van der Waals surface area contributed by atoms with E-state index in [1.807, 2.05) is 11.3 Å². The maximum absolute atomic E-state index is 4.66. The van der Waals surface area contributed by atoms with Crippen LogP contribution in [0.1, 0.15) is 49.7 Å². The smallest absolute Gasteiger partial charge is 0.0964 e. The van der Waals surface area contributed by atoms with Crippen LogP contribution in [0.25, 0.3) is 0 Å². The second-order valence-corrected chi connectivity index (χ2v) is 7.42. The molecule has 1 aliphatic rings. The van der Waals surface area contributed by atoms with Crippen molar-refractivity contribution in [3.8, 4) is 0 Å². The van der Waals surface area contributed by atoms with Gasteiger partial charge in [-0.25, -0.2) is 4.98 Å². The molecule has 0 aromatic carbocycles. The van der Waals surface area contributed by atoms with Crippen molar-refractivity contribution in [2.75, 3.05) is 0 Å². The highest BCUT2D eigenvalue weighted by molar-refractivity contribution is 9.09. The number of hydrogen-bond donors (Lipinski definition) is 0. The molecule has 1 aliphatic carbocycles. The molecule has 0 radical (unpaired) electrons. The zero-order chi connectivity index (χ0) is 11.1. The topological polar surface area (TPSA) is 12.9 Å². The maximum Gasteiger partial charge on any atom is 0.0964 e. The SMILES string of the molecule is Cc1csc(C2CC(Br)CCC2(C)C)n1. The molecule has 3 heteroatoms. The summed E-state index contributed by atoms with van der Waals surface area (Å²) in [5.41, 5.74) is 1.58. The number of aromatic nitrogens is 1. The molecule has 2 unspecified atom stereocenters. The molecule has 0 bridgehead atoms. The average Bonchev–Trinajstić information content (AvgIpc) is 2.56. The van der Waals surface area contributed by atoms with Gasteiger partial charge in [-0.15, -0.1) is 11.3 Å². The van der Waals surface area contributed by atoms with Gasteiger partial charge in [0.25, 0.3) is 0 Å². The molecule has 0 spiro atoms. The second kappa shape index (κ2) is 4.17. The molecule has 1 aromatic heterocycles. The van der Waals surface area contributed by atoms with Gasteiger partial charge < -0.3 is 0 Å². The van der Waals surface area contributed by atoms with Gasteiger partial charge in [-0.3, -0.25) is 0 Å². The third kappa shape index (κ3) is 2.44. The van der Waals surface area contributed by atoms with Gasteiger partial charge in [0, 0.05) is 21.8 Å². The zero-order valence-electron chi connectivity index (χ0n) is 9.59. The number of rotatable bonds is 1. The van der Waals surface area contributed by atoms with Crippen molar-refractivity contribution < 1.29 is 0 Å². The minimum atomic E-state index is 0.411. The largest absolute Gasteiger partial charge is 0.246 e. The molecule has 0 amide bonds. The molecule has 15 heavy (non-hydrogen) atoms. The Morgan fingerprint density at radius 2 is 2.27 bits per heavy atom. The molecule has 1 nitrogen and oxygen atoms in total. The van der Waals surface area contributed by atoms with Crippen LogP contribution in [0, 0.1) is 12.3 Å². The Labute approximate surface area is 104 Å². The molecule has 0 saturated heterocycles. The molecule has 1 fully saturated rings. The van der Waals surface area contributed by atoms with Crippen LogP contribution in [-0.2, 0) is 0 Å². The van der Waals surface area contributed by atoms with E-state index in [1.54, 1.807) is 0 Å². The Bertz CT molecular complexity index is 345. The summed E-state index contributed by atoms with van der Waals surface area (Å²) in [6.45, 7) is 6.85. The molecule has 84 valence electrons. The van der Waals surface area contributed by atoms with Crippen LogP contribution in [0.3, 0.4) is 0 Å². The summed E-state index contributed by atoms with van der Waals surface area (Å²) >= 11 is 5.59. The van der Waals surface area contributed by atoms with Crippen molar-refractivity contribution in [2.24, 2.45) is 5.41 Å². The van der Waals surface area contributed by atoms with E-state index in [0.717, 1.165) is 0 Å². The highest BCUT2D eigenvalue weighted by atomic mass is 79.9. The Balaban J connectivity index is 2.25. The summed E-state index contributed by atoms with van der Waals surface area (Å²) < 4.78 is 0. The first kappa shape index (κ1) is 11.6. The highest BCUT2D eigenvalue weighted by Gasteiger charge is 2.37. The van der Waals surface area contributed by atoms with Crippen LogP contribution in [0.15, 0.2) is 5.38 Å². The lowest BCUT2D eigenvalue weighted by Gasteiger charge is -2.39. The fourth-order valence-corrected chi connectivity index (χ4v) is 4.09. The van der Waals surface area contributed by atoms with E-state index in [4.69, 9.17) is 0 Å². The second-order valence-electron chi connectivity index (χ2n) is 5.24. The number of alkyl halides is 1. The van der Waals surface area contributed by atoms with Gasteiger partial charge in [0.15, 0.2) is 0 Å². The number of aryl methyl sites for hydroxylation is 1. The van der Waals surface area contributed by atoms with Crippen LogP contribution in [0.5, 0.6) is 0 Å².